The van der Waals surface area contributed by atoms with Gasteiger partial charge in [0.1, 0.15) is 6.07 Å². The molecule has 4 aliphatic carbocycles. The van der Waals surface area contributed by atoms with Gasteiger partial charge >= 0.3 is 0 Å². The minimum atomic E-state index is -0.640. The van der Waals surface area contributed by atoms with Gasteiger partial charge in [0.15, 0.2) is 5.78 Å². The molecule has 0 aliphatic heterocycles. The normalized spacial score (nSPS) is 43.1. The predicted molar refractivity (Wildman–Crippen MR) is 129 cm³/mol. The Morgan fingerprint density at radius 3 is 2.68 bits per heavy atom. The maximum Gasteiger partial charge on any atom is 0.158 e. The molecule has 5 rings (SSSR count). The van der Waals surface area contributed by atoms with Crippen LogP contribution in [0.1, 0.15) is 77.2 Å². The Balaban J connectivity index is 1.32. The van der Waals surface area contributed by atoms with Gasteiger partial charge in [0.2, 0.25) is 0 Å². The Morgan fingerprint density at radius 2 is 2.03 bits per heavy atom. The smallest absolute Gasteiger partial charge is 0.158 e. The summed E-state index contributed by atoms with van der Waals surface area (Å²) in [6.45, 7) is 5.48. The van der Waals surface area contributed by atoms with Gasteiger partial charge in [-0.1, -0.05) is 26.7 Å². The zero-order valence-corrected chi connectivity index (χ0v) is 21.1. The lowest BCUT2D eigenvalue weighted by Crippen LogP contribution is -2.49. The maximum absolute atomic E-state index is 13.6. The number of hydrogen-bond donors (Lipinski definition) is 1. The molecule has 6 heteroatoms. The number of methoxy groups -OCH3 is 1. The largest absolute Gasteiger partial charge is 0.387 e. The van der Waals surface area contributed by atoms with Crippen molar-refractivity contribution in [3.8, 4) is 6.07 Å². The van der Waals surface area contributed by atoms with Crippen LogP contribution in [0.3, 0.4) is 0 Å². The standard InChI is InChI=1S/C28H41N3O3/c1-4-5-21-20(19-6-10-28(33,11-7-19)17-34-3)8-9-27(2)25(21)22-12-23(22)26(27)24(32)16-31-15-18(13-29)14-30-31/h14-15,19-23,25-26,33H,4-12,16-17H2,1-3H3/t19-,20-,21-,22?,23?,25-,26-,27+,28+/m1/s1. The van der Waals surface area contributed by atoms with Gasteiger partial charge in [-0.2, -0.15) is 10.4 Å². The summed E-state index contributed by atoms with van der Waals surface area (Å²) in [6, 6.07) is 2.11. The van der Waals surface area contributed by atoms with Crippen LogP contribution < -0.4 is 0 Å². The van der Waals surface area contributed by atoms with Crippen LogP contribution >= 0.6 is 0 Å². The van der Waals surface area contributed by atoms with E-state index in [-0.39, 0.29) is 11.3 Å². The number of aromatic nitrogens is 2. The van der Waals surface area contributed by atoms with E-state index in [1.165, 1.54) is 25.7 Å². The lowest BCUT2D eigenvalue weighted by molar-refractivity contribution is -0.132. The third-order valence-corrected chi connectivity index (χ3v) is 10.3. The van der Waals surface area contributed by atoms with Crippen LogP contribution in [0, 0.1) is 58.2 Å². The summed E-state index contributed by atoms with van der Waals surface area (Å²) >= 11 is 0. The summed E-state index contributed by atoms with van der Waals surface area (Å²) in [5, 5.41) is 24.2. The molecular formula is C28H41N3O3. The van der Waals surface area contributed by atoms with Crippen LogP contribution in [0.2, 0.25) is 0 Å². The molecule has 4 saturated carbocycles. The number of Topliss-reactive ketones (excluding diaryl/α,β-unsaturated/α-hetero) is 1. The van der Waals surface area contributed by atoms with Crippen molar-refractivity contribution in [2.45, 2.75) is 83.8 Å². The van der Waals surface area contributed by atoms with E-state index in [1.807, 2.05) is 0 Å². The van der Waals surface area contributed by atoms with E-state index in [0.717, 1.165) is 38.0 Å². The van der Waals surface area contributed by atoms with Crippen LogP contribution in [-0.2, 0) is 16.1 Å². The van der Waals surface area contributed by atoms with Crippen molar-refractivity contribution < 1.29 is 14.6 Å². The highest BCUT2D eigenvalue weighted by atomic mass is 16.5. The minimum Gasteiger partial charge on any atom is -0.387 e. The van der Waals surface area contributed by atoms with E-state index >= 15 is 0 Å². The molecule has 1 aromatic heterocycles. The fourth-order valence-corrected chi connectivity index (χ4v) is 9.01. The lowest BCUT2D eigenvalue weighted by Gasteiger charge is -2.53. The predicted octanol–water partition coefficient (Wildman–Crippen LogP) is 4.61. The molecule has 1 heterocycles. The number of carbonyl (C=O) groups excluding carboxylic acids is 1. The van der Waals surface area contributed by atoms with E-state index in [4.69, 9.17) is 10.00 Å². The Kier molecular flexibility index (Phi) is 6.40. The van der Waals surface area contributed by atoms with Crippen LogP contribution in [0.15, 0.2) is 12.4 Å². The summed E-state index contributed by atoms with van der Waals surface area (Å²) in [5.74, 6) is 4.48. The molecule has 0 aromatic carbocycles. The Labute approximate surface area is 204 Å². The number of ether oxygens (including phenoxy) is 1. The van der Waals surface area contributed by atoms with Crippen LogP contribution in [0.4, 0.5) is 0 Å². The third-order valence-electron chi connectivity index (χ3n) is 10.3. The van der Waals surface area contributed by atoms with Crippen LogP contribution in [-0.4, -0.2) is 40.0 Å². The summed E-state index contributed by atoms with van der Waals surface area (Å²) in [6.07, 6.45) is 13.2. The summed E-state index contributed by atoms with van der Waals surface area (Å²) in [7, 11) is 1.68. The van der Waals surface area contributed by atoms with Crippen LogP contribution in [0.25, 0.3) is 0 Å². The number of ketones is 1. The van der Waals surface area contributed by atoms with Crippen molar-refractivity contribution in [1.82, 2.24) is 9.78 Å². The van der Waals surface area contributed by atoms with E-state index in [1.54, 1.807) is 24.2 Å². The van der Waals surface area contributed by atoms with Crippen LogP contribution in [0.5, 0.6) is 0 Å². The summed E-state index contributed by atoms with van der Waals surface area (Å²) in [5.41, 5.74) is -0.0301. The number of aliphatic hydroxyl groups is 1. The first-order chi connectivity index (χ1) is 16.3. The van der Waals surface area contributed by atoms with E-state index < -0.39 is 5.60 Å². The highest BCUT2D eigenvalue weighted by Crippen LogP contribution is 2.73. The van der Waals surface area contributed by atoms with Gasteiger partial charge in [-0.15, -0.1) is 0 Å². The molecule has 0 spiro atoms. The van der Waals surface area contributed by atoms with Crippen molar-refractivity contribution >= 4 is 5.78 Å². The quantitative estimate of drug-likeness (QED) is 0.603. The molecule has 0 bridgehead atoms. The Bertz CT molecular complexity index is 943. The minimum absolute atomic E-state index is 0.0949. The van der Waals surface area contributed by atoms with Gasteiger partial charge < -0.3 is 9.84 Å². The molecule has 34 heavy (non-hydrogen) atoms. The van der Waals surface area contributed by atoms with E-state index in [2.05, 4.69) is 25.0 Å². The van der Waals surface area contributed by atoms with Gasteiger partial charge in [0, 0.05) is 19.2 Å². The SMILES string of the molecule is CCC[C@H]1[C@@H]2C3CC3[C@H](C(=O)Cn3cc(C#N)cn3)[C@@]2(C)CC[C@@H]1[C@H]1CC[C@](O)(COC)CC1. The molecule has 7 atom stereocenters. The second-order valence-corrected chi connectivity index (χ2v) is 12.2. The monoisotopic (exact) mass is 467 g/mol. The fourth-order valence-electron chi connectivity index (χ4n) is 9.01. The van der Waals surface area contributed by atoms with Crippen molar-refractivity contribution in [3.05, 3.63) is 18.0 Å². The van der Waals surface area contributed by atoms with Gasteiger partial charge in [-0.3, -0.25) is 9.48 Å². The second kappa shape index (κ2) is 9.06. The average Bonchev–Trinajstić information content (AvgIpc) is 3.31. The molecule has 4 fully saturated rings. The molecule has 2 unspecified atom stereocenters. The first-order valence-electron chi connectivity index (χ1n) is 13.5. The zero-order valence-electron chi connectivity index (χ0n) is 21.1. The van der Waals surface area contributed by atoms with Crippen molar-refractivity contribution in [2.75, 3.05) is 13.7 Å². The molecule has 1 N–H and O–H groups in total. The molecule has 186 valence electrons. The molecule has 4 aliphatic rings. The topological polar surface area (TPSA) is 88.1 Å². The summed E-state index contributed by atoms with van der Waals surface area (Å²) in [4.78, 5) is 13.6. The van der Waals surface area contributed by atoms with Gasteiger partial charge in [-0.05, 0) is 85.9 Å². The Hall–Kier alpha value is -1.71. The fraction of sp³-hybridized carbons (Fsp3) is 0.821. The second-order valence-electron chi connectivity index (χ2n) is 12.2. The Morgan fingerprint density at radius 1 is 1.26 bits per heavy atom. The third kappa shape index (κ3) is 4.03. The number of hydrogen-bond acceptors (Lipinski definition) is 5. The summed E-state index contributed by atoms with van der Waals surface area (Å²) < 4.78 is 6.95. The first kappa shape index (κ1) is 24.0. The number of nitriles is 1. The zero-order chi connectivity index (χ0) is 24.1. The van der Waals surface area contributed by atoms with Crippen molar-refractivity contribution in [2.24, 2.45) is 46.8 Å². The molecule has 6 nitrogen and oxygen atoms in total. The van der Waals surface area contributed by atoms with Gasteiger partial charge in [0.25, 0.3) is 0 Å². The first-order valence-corrected chi connectivity index (χ1v) is 13.5. The van der Waals surface area contributed by atoms with Gasteiger partial charge in [0.05, 0.1) is 30.5 Å². The number of rotatable bonds is 8. The number of fused-ring (bicyclic) bond motifs is 3. The molecule has 0 saturated heterocycles. The van der Waals surface area contributed by atoms with Crippen molar-refractivity contribution in [1.29, 1.82) is 5.26 Å². The number of nitrogens with zero attached hydrogens (tertiary/aromatic N) is 3. The lowest BCUT2D eigenvalue weighted by atomic mass is 9.51. The van der Waals surface area contributed by atoms with E-state index in [0.29, 0.717) is 54.1 Å². The molecule has 0 amide bonds. The molecular weight excluding hydrogens is 426 g/mol. The molecule has 0 radical (unpaired) electrons. The number of carbonyl (C=O) groups is 1. The average molecular weight is 468 g/mol. The van der Waals surface area contributed by atoms with Gasteiger partial charge in [-0.25, -0.2) is 0 Å². The van der Waals surface area contributed by atoms with Crippen molar-refractivity contribution in [3.63, 3.8) is 0 Å². The molecule has 1 aromatic rings. The highest BCUT2D eigenvalue weighted by Gasteiger charge is 2.70. The highest BCUT2D eigenvalue weighted by molar-refractivity contribution is 5.83. The maximum atomic E-state index is 13.6. The van der Waals surface area contributed by atoms with E-state index in [9.17, 15) is 9.90 Å².